The van der Waals surface area contributed by atoms with Crippen molar-refractivity contribution in [2.24, 2.45) is 0 Å². The number of furan rings is 1. The summed E-state index contributed by atoms with van der Waals surface area (Å²) in [5.74, 6) is 0. The molecular weight excluding hydrogens is 506 g/mol. The van der Waals surface area contributed by atoms with E-state index in [1.54, 1.807) is 0 Å². The molecule has 9 rings (SSSR count). The van der Waals surface area contributed by atoms with Crippen molar-refractivity contribution >= 4 is 45.1 Å². The molecular formula is C37H23NOS. The summed E-state index contributed by atoms with van der Waals surface area (Å²) in [7, 11) is 0. The van der Waals surface area contributed by atoms with Crippen LogP contribution in [0, 0.1) is 0 Å². The molecule has 3 heteroatoms. The van der Waals surface area contributed by atoms with Crippen molar-refractivity contribution < 1.29 is 4.42 Å². The van der Waals surface area contributed by atoms with Crippen LogP contribution in [0.1, 0.15) is 22.3 Å². The van der Waals surface area contributed by atoms with E-state index in [2.05, 4.69) is 127 Å². The van der Waals surface area contributed by atoms with Gasteiger partial charge in [-0.1, -0.05) is 109 Å². The molecule has 0 radical (unpaired) electrons. The Morgan fingerprint density at radius 3 is 1.93 bits per heavy atom. The molecule has 1 aliphatic heterocycles. The van der Waals surface area contributed by atoms with Gasteiger partial charge in [-0.15, -0.1) is 0 Å². The molecule has 1 spiro atoms. The van der Waals surface area contributed by atoms with Gasteiger partial charge in [0.25, 0.3) is 0 Å². The lowest BCUT2D eigenvalue weighted by molar-refractivity contribution is 0.669. The number of para-hydroxylation sites is 1. The Bertz CT molecular complexity index is 2090. The molecule has 1 aliphatic carbocycles. The maximum absolute atomic E-state index is 6.23. The molecule has 2 aliphatic rings. The van der Waals surface area contributed by atoms with Crippen LogP contribution in [0.4, 0.5) is 11.4 Å². The molecule has 0 unspecified atom stereocenters. The normalized spacial score (nSPS) is 14.1. The fourth-order valence-electron chi connectivity index (χ4n) is 7.04. The largest absolute Gasteiger partial charge is 0.456 e. The van der Waals surface area contributed by atoms with Crippen LogP contribution in [0.3, 0.4) is 0 Å². The molecule has 0 amide bonds. The summed E-state index contributed by atoms with van der Waals surface area (Å²) < 4.78 is 6.23. The number of hydrogen-bond acceptors (Lipinski definition) is 3. The van der Waals surface area contributed by atoms with Gasteiger partial charge in [0.1, 0.15) is 11.2 Å². The highest BCUT2D eigenvalue weighted by Crippen LogP contribution is 2.63. The number of anilines is 2. The Labute approximate surface area is 236 Å². The minimum Gasteiger partial charge on any atom is -0.456 e. The summed E-state index contributed by atoms with van der Waals surface area (Å²) in [6, 6.07) is 48.1. The summed E-state index contributed by atoms with van der Waals surface area (Å²) in [5, 5.41) is 6.16. The predicted octanol–water partition coefficient (Wildman–Crippen LogP) is 10.2. The highest BCUT2D eigenvalue weighted by atomic mass is 32.2. The molecule has 1 N–H and O–H groups in total. The van der Waals surface area contributed by atoms with E-state index in [9.17, 15) is 0 Å². The lowest BCUT2D eigenvalue weighted by atomic mass is 9.67. The second-order valence-electron chi connectivity index (χ2n) is 10.5. The Balaban J connectivity index is 1.38. The van der Waals surface area contributed by atoms with Crippen molar-refractivity contribution in [2.45, 2.75) is 15.2 Å². The zero-order valence-electron chi connectivity index (χ0n) is 21.5. The van der Waals surface area contributed by atoms with Gasteiger partial charge >= 0.3 is 0 Å². The smallest absolute Gasteiger partial charge is 0.137 e. The molecule has 1 aromatic heterocycles. The van der Waals surface area contributed by atoms with Crippen molar-refractivity contribution in [1.29, 1.82) is 0 Å². The van der Waals surface area contributed by atoms with E-state index in [4.69, 9.17) is 4.42 Å². The Morgan fingerprint density at radius 2 is 1.10 bits per heavy atom. The second-order valence-corrected chi connectivity index (χ2v) is 11.6. The fraction of sp³-hybridized carbons (Fsp3) is 0.0270. The highest BCUT2D eigenvalue weighted by molar-refractivity contribution is 7.99. The molecule has 188 valence electrons. The third kappa shape index (κ3) is 2.80. The molecule has 40 heavy (non-hydrogen) atoms. The molecule has 2 nitrogen and oxygen atoms in total. The molecule has 0 saturated heterocycles. The number of hydrogen-bond donors (Lipinski definition) is 1. The van der Waals surface area contributed by atoms with Gasteiger partial charge in [0, 0.05) is 26.4 Å². The Morgan fingerprint density at radius 1 is 0.500 bits per heavy atom. The zero-order chi connectivity index (χ0) is 26.3. The third-order valence-electron chi connectivity index (χ3n) is 8.53. The SMILES string of the molecule is c1ccc2c(c1)Sc1ccccc1C21c2ccccc2-c2cccc(Nc3cccc4oc5ccccc5c34)c21. The Hall–Kier alpha value is -4.73. The van der Waals surface area contributed by atoms with Gasteiger partial charge in [-0.3, -0.25) is 0 Å². The van der Waals surface area contributed by atoms with Crippen LogP contribution in [0.25, 0.3) is 33.1 Å². The lowest BCUT2D eigenvalue weighted by Gasteiger charge is -2.40. The third-order valence-corrected chi connectivity index (χ3v) is 9.69. The lowest BCUT2D eigenvalue weighted by Crippen LogP contribution is -2.32. The average molecular weight is 530 g/mol. The van der Waals surface area contributed by atoms with Gasteiger partial charge in [-0.2, -0.15) is 0 Å². The van der Waals surface area contributed by atoms with Crippen LogP contribution in [0.5, 0.6) is 0 Å². The maximum Gasteiger partial charge on any atom is 0.137 e. The van der Waals surface area contributed by atoms with Crippen LogP contribution in [0.2, 0.25) is 0 Å². The molecule has 0 bridgehead atoms. The summed E-state index contributed by atoms with van der Waals surface area (Å²) in [4.78, 5) is 2.61. The van der Waals surface area contributed by atoms with Crippen LogP contribution in [-0.4, -0.2) is 0 Å². The topological polar surface area (TPSA) is 25.2 Å². The van der Waals surface area contributed by atoms with Crippen molar-refractivity contribution in [3.05, 3.63) is 156 Å². The van der Waals surface area contributed by atoms with Gasteiger partial charge in [0.05, 0.1) is 16.5 Å². The van der Waals surface area contributed by atoms with Crippen LogP contribution >= 0.6 is 11.8 Å². The van der Waals surface area contributed by atoms with E-state index >= 15 is 0 Å². The number of fused-ring (bicyclic) bond motifs is 12. The molecule has 0 saturated carbocycles. The van der Waals surface area contributed by atoms with Gasteiger partial charge in [-0.25, -0.2) is 0 Å². The summed E-state index contributed by atoms with van der Waals surface area (Å²) in [5.41, 5.74) is 11.4. The predicted molar refractivity (Wildman–Crippen MR) is 165 cm³/mol. The van der Waals surface area contributed by atoms with E-state index in [0.29, 0.717) is 0 Å². The van der Waals surface area contributed by atoms with Crippen molar-refractivity contribution in [2.75, 3.05) is 5.32 Å². The van der Waals surface area contributed by atoms with Crippen molar-refractivity contribution in [3.63, 3.8) is 0 Å². The van der Waals surface area contributed by atoms with E-state index in [0.717, 1.165) is 33.3 Å². The zero-order valence-corrected chi connectivity index (χ0v) is 22.3. The summed E-state index contributed by atoms with van der Waals surface area (Å²) >= 11 is 1.87. The minimum absolute atomic E-state index is 0.430. The monoisotopic (exact) mass is 529 g/mol. The van der Waals surface area contributed by atoms with E-state index in [1.807, 2.05) is 23.9 Å². The van der Waals surface area contributed by atoms with Gasteiger partial charge < -0.3 is 9.73 Å². The molecule has 2 heterocycles. The standard InChI is InChI=1S/C37H23NOS/c1-3-14-26-23(11-1)24-13-9-18-30(38-29-17-10-20-32-35(29)25-12-2-6-19-31(25)39-32)36(24)37(26)27-15-4-7-21-33(27)40-34-22-8-5-16-28(34)37/h1-22,38H. The van der Waals surface area contributed by atoms with Gasteiger partial charge in [0.2, 0.25) is 0 Å². The second kappa shape index (κ2) is 8.14. The quantitative estimate of drug-likeness (QED) is 0.241. The van der Waals surface area contributed by atoms with E-state index in [1.165, 1.54) is 43.2 Å². The first kappa shape index (κ1) is 22.1. The van der Waals surface area contributed by atoms with Gasteiger partial charge in [-0.05, 0) is 64.2 Å². The summed E-state index contributed by atoms with van der Waals surface area (Å²) in [6.07, 6.45) is 0. The van der Waals surface area contributed by atoms with Crippen LogP contribution in [0.15, 0.2) is 148 Å². The number of nitrogens with one attached hydrogen (secondary N) is 1. The van der Waals surface area contributed by atoms with Crippen LogP contribution < -0.4 is 5.32 Å². The average Bonchev–Trinajstić information content (AvgIpc) is 3.53. The molecule has 0 fully saturated rings. The van der Waals surface area contributed by atoms with Gasteiger partial charge in [0.15, 0.2) is 0 Å². The Kier molecular flexibility index (Phi) is 4.50. The van der Waals surface area contributed by atoms with Crippen molar-refractivity contribution in [1.82, 2.24) is 0 Å². The first-order valence-corrected chi connectivity index (χ1v) is 14.4. The first-order valence-electron chi connectivity index (χ1n) is 13.6. The van der Waals surface area contributed by atoms with Crippen molar-refractivity contribution in [3.8, 4) is 11.1 Å². The number of rotatable bonds is 2. The molecule has 0 atom stereocenters. The minimum atomic E-state index is -0.430. The molecule has 6 aromatic carbocycles. The van der Waals surface area contributed by atoms with E-state index < -0.39 is 5.41 Å². The van der Waals surface area contributed by atoms with Crippen LogP contribution in [-0.2, 0) is 5.41 Å². The van der Waals surface area contributed by atoms with E-state index in [-0.39, 0.29) is 0 Å². The summed E-state index contributed by atoms with van der Waals surface area (Å²) in [6.45, 7) is 0. The first-order chi connectivity index (χ1) is 19.8. The highest BCUT2D eigenvalue weighted by Gasteiger charge is 2.51. The number of benzene rings is 6. The fourth-order valence-corrected chi connectivity index (χ4v) is 8.23. The molecule has 7 aromatic rings. The maximum atomic E-state index is 6.23.